The Labute approximate surface area is 187 Å². The van der Waals surface area contributed by atoms with Gasteiger partial charge in [-0.3, -0.25) is 14.6 Å². The number of thiophene rings is 1. The molecule has 1 aliphatic heterocycles. The molecule has 3 heterocycles. The Morgan fingerprint density at radius 1 is 1.10 bits per heavy atom. The number of aromatic nitrogens is 2. The van der Waals surface area contributed by atoms with E-state index in [-0.39, 0.29) is 28.8 Å². The molecule has 0 unspecified atom stereocenters. The Hall–Kier alpha value is -2.95. The number of hydrazone groups is 1. The van der Waals surface area contributed by atoms with Crippen molar-refractivity contribution in [3.63, 3.8) is 0 Å². The van der Waals surface area contributed by atoms with Crippen molar-refractivity contribution in [3.8, 4) is 0 Å². The third-order valence-corrected chi connectivity index (χ3v) is 7.86. The SMILES string of the molecule is O=C(Cc1cnc(N2N=C(c3ccccc3)CC2=O)cn1)CS(=O)(=O)c1ccc(Cl)s1. The van der Waals surface area contributed by atoms with E-state index in [2.05, 4.69) is 15.1 Å². The zero-order valence-electron chi connectivity index (χ0n) is 15.9. The molecule has 0 atom stereocenters. The Bertz CT molecular complexity index is 1270. The van der Waals surface area contributed by atoms with Gasteiger partial charge in [-0.25, -0.2) is 13.4 Å². The van der Waals surface area contributed by atoms with Crippen molar-refractivity contribution in [1.82, 2.24) is 9.97 Å². The van der Waals surface area contributed by atoms with Gasteiger partial charge in [-0.15, -0.1) is 11.3 Å². The van der Waals surface area contributed by atoms with Crippen LogP contribution in [-0.4, -0.2) is 41.5 Å². The molecule has 2 aromatic heterocycles. The van der Waals surface area contributed by atoms with Crippen LogP contribution >= 0.6 is 22.9 Å². The fourth-order valence-electron chi connectivity index (χ4n) is 2.95. The maximum atomic E-state index is 12.3. The summed E-state index contributed by atoms with van der Waals surface area (Å²) in [5.41, 5.74) is 1.78. The number of ketones is 1. The number of rotatable bonds is 7. The van der Waals surface area contributed by atoms with Gasteiger partial charge in [0.25, 0.3) is 5.91 Å². The van der Waals surface area contributed by atoms with E-state index in [0.29, 0.717) is 15.7 Å². The summed E-state index contributed by atoms with van der Waals surface area (Å²) < 4.78 is 25.0. The zero-order chi connectivity index (χ0) is 22.0. The van der Waals surface area contributed by atoms with Crippen LogP contribution in [0.25, 0.3) is 0 Å². The summed E-state index contributed by atoms with van der Waals surface area (Å²) in [6.45, 7) is 0. The molecular weight excluding hydrogens is 460 g/mol. The van der Waals surface area contributed by atoms with Crippen LogP contribution < -0.4 is 5.01 Å². The minimum absolute atomic E-state index is 0.0481. The van der Waals surface area contributed by atoms with Gasteiger partial charge in [0, 0.05) is 0 Å². The molecule has 1 aromatic carbocycles. The van der Waals surface area contributed by atoms with Crippen LogP contribution in [0.15, 0.2) is 64.2 Å². The molecule has 11 heteroatoms. The van der Waals surface area contributed by atoms with Crippen molar-refractivity contribution < 1.29 is 18.0 Å². The molecule has 1 amide bonds. The van der Waals surface area contributed by atoms with Crippen molar-refractivity contribution in [2.24, 2.45) is 5.10 Å². The number of nitrogens with zero attached hydrogens (tertiary/aromatic N) is 4. The Balaban J connectivity index is 1.43. The summed E-state index contributed by atoms with van der Waals surface area (Å²) in [7, 11) is -3.75. The first-order valence-corrected chi connectivity index (χ1v) is 11.9. The molecule has 3 aromatic rings. The molecule has 0 radical (unpaired) electrons. The summed E-state index contributed by atoms with van der Waals surface area (Å²) in [6, 6.07) is 12.2. The zero-order valence-corrected chi connectivity index (χ0v) is 18.3. The highest BCUT2D eigenvalue weighted by Gasteiger charge is 2.27. The summed E-state index contributed by atoms with van der Waals surface area (Å²) >= 11 is 6.67. The third kappa shape index (κ3) is 4.87. The Morgan fingerprint density at radius 3 is 2.52 bits per heavy atom. The largest absolute Gasteiger partial charge is 0.298 e. The number of hydrogen-bond acceptors (Lipinski definition) is 8. The maximum absolute atomic E-state index is 12.3. The molecule has 158 valence electrons. The van der Waals surface area contributed by atoms with Gasteiger partial charge in [-0.2, -0.15) is 10.1 Å². The second-order valence-electron chi connectivity index (χ2n) is 6.69. The third-order valence-electron chi connectivity index (χ3n) is 4.38. The predicted molar refractivity (Wildman–Crippen MR) is 117 cm³/mol. The maximum Gasteiger partial charge on any atom is 0.254 e. The molecule has 0 fully saturated rings. The van der Waals surface area contributed by atoms with E-state index >= 15 is 0 Å². The molecule has 1 aliphatic rings. The number of carbonyl (C=O) groups is 2. The quantitative estimate of drug-likeness (QED) is 0.520. The lowest BCUT2D eigenvalue weighted by atomic mass is 10.1. The lowest BCUT2D eigenvalue weighted by Crippen LogP contribution is -2.21. The standard InChI is InChI=1S/C20H15ClN4O4S2/c21-17-6-7-20(30-17)31(28,29)12-15(26)8-14-10-23-18(11-22-14)25-19(27)9-16(24-25)13-4-2-1-3-5-13/h1-7,10-11H,8-9,12H2. The lowest BCUT2D eigenvalue weighted by molar-refractivity contribution is -0.117. The van der Waals surface area contributed by atoms with Gasteiger partial charge >= 0.3 is 0 Å². The monoisotopic (exact) mass is 474 g/mol. The number of amides is 1. The average molecular weight is 475 g/mol. The molecule has 8 nitrogen and oxygen atoms in total. The number of Topliss-reactive ketones (excluding diaryl/α,β-unsaturated/α-hetero) is 1. The Morgan fingerprint density at radius 2 is 1.87 bits per heavy atom. The first-order valence-electron chi connectivity index (χ1n) is 9.08. The minimum Gasteiger partial charge on any atom is -0.298 e. The number of hydrogen-bond donors (Lipinski definition) is 0. The van der Waals surface area contributed by atoms with E-state index in [1.54, 1.807) is 0 Å². The predicted octanol–water partition coefficient (Wildman–Crippen LogP) is 2.92. The van der Waals surface area contributed by atoms with Gasteiger partial charge < -0.3 is 0 Å². The van der Waals surface area contributed by atoms with Gasteiger partial charge in [0.15, 0.2) is 21.4 Å². The molecule has 0 saturated carbocycles. The molecular formula is C20H15ClN4O4S2. The van der Waals surface area contributed by atoms with Crippen LogP contribution in [0.2, 0.25) is 4.34 Å². The van der Waals surface area contributed by atoms with Crippen LogP contribution in [0.5, 0.6) is 0 Å². The molecule has 0 saturated heterocycles. The first-order chi connectivity index (χ1) is 14.8. The van der Waals surface area contributed by atoms with Crippen LogP contribution in [0.4, 0.5) is 5.82 Å². The molecule has 0 bridgehead atoms. The summed E-state index contributed by atoms with van der Waals surface area (Å²) in [5, 5.41) is 5.50. The highest BCUT2D eigenvalue weighted by atomic mass is 35.5. The van der Waals surface area contributed by atoms with E-state index in [9.17, 15) is 18.0 Å². The second-order valence-corrected chi connectivity index (χ2v) is 10.6. The van der Waals surface area contributed by atoms with Crippen molar-refractivity contribution in [2.45, 2.75) is 17.1 Å². The van der Waals surface area contributed by atoms with E-state index in [1.807, 2.05) is 30.3 Å². The van der Waals surface area contributed by atoms with E-state index < -0.39 is 21.4 Å². The van der Waals surface area contributed by atoms with Crippen molar-refractivity contribution in [3.05, 3.63) is 70.5 Å². The van der Waals surface area contributed by atoms with Gasteiger partial charge in [0.05, 0.1) is 41.0 Å². The molecule has 0 N–H and O–H groups in total. The van der Waals surface area contributed by atoms with Crippen LogP contribution in [-0.2, 0) is 25.8 Å². The van der Waals surface area contributed by atoms with Gasteiger partial charge in [0.2, 0.25) is 0 Å². The second kappa shape index (κ2) is 8.66. The minimum atomic E-state index is -3.75. The molecule has 31 heavy (non-hydrogen) atoms. The number of benzene rings is 1. The smallest absolute Gasteiger partial charge is 0.254 e. The molecule has 4 rings (SSSR count). The number of anilines is 1. The fraction of sp³-hybridized carbons (Fsp3) is 0.150. The number of sulfone groups is 1. The lowest BCUT2D eigenvalue weighted by Gasteiger charge is -2.10. The van der Waals surface area contributed by atoms with Crippen LogP contribution in [0, 0.1) is 0 Å². The summed E-state index contributed by atoms with van der Waals surface area (Å²) in [6.07, 6.45) is 2.63. The first kappa shape index (κ1) is 21.3. The van der Waals surface area contributed by atoms with E-state index in [0.717, 1.165) is 16.9 Å². The fourth-order valence-corrected chi connectivity index (χ4v) is 5.76. The topological polar surface area (TPSA) is 110 Å². The van der Waals surface area contributed by atoms with Gasteiger partial charge in [-0.1, -0.05) is 41.9 Å². The Kier molecular flexibility index (Phi) is 5.94. The van der Waals surface area contributed by atoms with Crippen LogP contribution in [0.1, 0.15) is 17.7 Å². The van der Waals surface area contributed by atoms with E-state index in [1.165, 1.54) is 29.5 Å². The van der Waals surface area contributed by atoms with Gasteiger partial charge in [0.1, 0.15) is 9.96 Å². The average Bonchev–Trinajstić information content (AvgIpc) is 3.35. The highest BCUT2D eigenvalue weighted by Crippen LogP contribution is 2.26. The van der Waals surface area contributed by atoms with Crippen molar-refractivity contribution in [2.75, 3.05) is 10.8 Å². The molecule has 0 spiro atoms. The van der Waals surface area contributed by atoms with Crippen LogP contribution in [0.3, 0.4) is 0 Å². The number of carbonyl (C=O) groups excluding carboxylic acids is 2. The summed E-state index contributed by atoms with van der Waals surface area (Å²) in [4.78, 5) is 32.9. The van der Waals surface area contributed by atoms with Crippen molar-refractivity contribution in [1.29, 1.82) is 0 Å². The van der Waals surface area contributed by atoms with E-state index in [4.69, 9.17) is 11.6 Å². The number of halogens is 1. The van der Waals surface area contributed by atoms with Crippen molar-refractivity contribution >= 4 is 56.0 Å². The summed E-state index contributed by atoms with van der Waals surface area (Å²) in [5.74, 6) is -1.18. The van der Waals surface area contributed by atoms with Gasteiger partial charge in [-0.05, 0) is 17.7 Å². The molecule has 0 aliphatic carbocycles. The highest BCUT2D eigenvalue weighted by molar-refractivity contribution is 7.94. The normalized spacial score (nSPS) is 14.0.